The fraction of sp³-hybridized carbons (Fsp3) is 0.231. The zero-order chi connectivity index (χ0) is 25.7. The molecule has 0 aliphatic heterocycles. The number of amides is 1. The van der Waals surface area contributed by atoms with Crippen molar-refractivity contribution in [3.63, 3.8) is 0 Å². The Labute approximate surface area is 206 Å². The number of benzene rings is 2. The monoisotopic (exact) mass is 490 g/mol. The lowest BCUT2D eigenvalue weighted by atomic mass is 9.91. The summed E-state index contributed by atoms with van der Waals surface area (Å²) in [7, 11) is 1.40. The maximum Gasteiger partial charge on any atom is 0.227 e. The molecule has 186 valence electrons. The van der Waals surface area contributed by atoms with E-state index in [1.54, 1.807) is 13.0 Å². The van der Waals surface area contributed by atoms with E-state index in [-0.39, 0.29) is 35.3 Å². The molecular formula is C26H26N4O6. The summed E-state index contributed by atoms with van der Waals surface area (Å²) in [6.07, 6.45) is 1.65. The molecule has 0 aliphatic carbocycles. The third kappa shape index (κ3) is 5.54. The van der Waals surface area contributed by atoms with Crippen molar-refractivity contribution in [2.75, 3.05) is 7.11 Å². The number of hydrogen-bond donors (Lipinski definition) is 4. The maximum atomic E-state index is 13.3. The van der Waals surface area contributed by atoms with Gasteiger partial charge < -0.3 is 24.7 Å². The van der Waals surface area contributed by atoms with E-state index >= 15 is 0 Å². The lowest BCUT2D eigenvalue weighted by molar-refractivity contribution is -0.122. The van der Waals surface area contributed by atoms with Gasteiger partial charge in [0.05, 0.1) is 19.1 Å². The molecule has 2 heterocycles. The predicted molar refractivity (Wildman–Crippen MR) is 130 cm³/mol. The van der Waals surface area contributed by atoms with Gasteiger partial charge in [0.1, 0.15) is 17.9 Å². The Morgan fingerprint density at radius 1 is 1.17 bits per heavy atom. The minimum Gasteiger partial charge on any atom is -0.504 e. The summed E-state index contributed by atoms with van der Waals surface area (Å²) in [5, 5.41) is 30.2. The molecule has 2 aromatic heterocycles. The number of rotatable bonds is 9. The number of aryl methyl sites for hydroxylation is 1. The second-order valence-electron chi connectivity index (χ2n) is 8.30. The number of ether oxygens (including phenoxy) is 1. The van der Waals surface area contributed by atoms with Gasteiger partial charge in [-0.15, -0.1) is 0 Å². The van der Waals surface area contributed by atoms with Crippen LogP contribution in [0.5, 0.6) is 17.2 Å². The minimum absolute atomic E-state index is 0.0535. The highest BCUT2D eigenvalue weighted by atomic mass is 16.5. The van der Waals surface area contributed by atoms with E-state index in [2.05, 4.69) is 20.5 Å². The average Bonchev–Trinajstić information content (AvgIpc) is 3.41. The van der Waals surface area contributed by atoms with Crippen molar-refractivity contribution in [3.8, 4) is 17.2 Å². The minimum atomic E-state index is -0.848. The summed E-state index contributed by atoms with van der Waals surface area (Å²) in [6.45, 7) is 1.58. The summed E-state index contributed by atoms with van der Waals surface area (Å²) in [4.78, 5) is 29.8. The van der Waals surface area contributed by atoms with Gasteiger partial charge in [-0.25, -0.2) is 4.98 Å². The molecule has 0 saturated heterocycles. The molecule has 2 atom stereocenters. The van der Waals surface area contributed by atoms with E-state index in [0.717, 1.165) is 5.56 Å². The maximum absolute atomic E-state index is 13.3. The number of H-pyrrole nitrogens is 1. The smallest absolute Gasteiger partial charge is 0.227 e. The van der Waals surface area contributed by atoms with E-state index in [0.29, 0.717) is 17.8 Å². The Kier molecular flexibility index (Phi) is 7.33. The standard InChI is InChI=1S/C26H26N4O6/c1-15-10-21(32)24(34)25(36-15)18(17-8-9-20(31)22(12-17)35-2)13-23(33)29-19(26-27-14-28-30-26)11-16-6-4-3-5-7-16/h3-10,12,14,18-19,31,34H,11,13H2,1-2H3,(H,29,33)(H,27,28,30)/t18-,19-/m0/s1. The number of carbonyl (C=O) groups is 1. The van der Waals surface area contributed by atoms with Gasteiger partial charge in [0, 0.05) is 12.5 Å². The van der Waals surface area contributed by atoms with Crippen molar-refractivity contribution in [1.82, 2.24) is 20.5 Å². The van der Waals surface area contributed by atoms with Crippen LogP contribution in [0.15, 0.2) is 70.1 Å². The van der Waals surface area contributed by atoms with Crippen molar-refractivity contribution in [2.45, 2.75) is 31.7 Å². The molecule has 10 heteroatoms. The molecule has 10 nitrogen and oxygen atoms in total. The van der Waals surface area contributed by atoms with Gasteiger partial charge in [0.15, 0.2) is 17.3 Å². The third-order valence-electron chi connectivity index (χ3n) is 5.77. The summed E-state index contributed by atoms with van der Waals surface area (Å²) >= 11 is 0. The van der Waals surface area contributed by atoms with Crippen molar-refractivity contribution < 1.29 is 24.2 Å². The molecule has 0 unspecified atom stereocenters. The van der Waals surface area contributed by atoms with Crippen LogP contribution in [0.1, 0.15) is 46.9 Å². The van der Waals surface area contributed by atoms with Crippen LogP contribution in [0.3, 0.4) is 0 Å². The Morgan fingerprint density at radius 2 is 1.94 bits per heavy atom. The summed E-state index contributed by atoms with van der Waals surface area (Å²) in [5.41, 5.74) is 0.873. The molecule has 4 N–H and O–H groups in total. The quantitative estimate of drug-likeness (QED) is 0.279. The van der Waals surface area contributed by atoms with E-state index < -0.39 is 23.1 Å². The molecular weight excluding hydrogens is 464 g/mol. The molecule has 4 rings (SSSR count). The Hall–Kier alpha value is -4.60. The molecule has 0 bridgehead atoms. The number of aromatic hydroxyl groups is 2. The molecule has 0 spiro atoms. The second kappa shape index (κ2) is 10.8. The summed E-state index contributed by atoms with van der Waals surface area (Å²) < 4.78 is 10.9. The van der Waals surface area contributed by atoms with Crippen LogP contribution >= 0.6 is 0 Å². The highest BCUT2D eigenvalue weighted by Gasteiger charge is 2.28. The highest BCUT2D eigenvalue weighted by Crippen LogP contribution is 2.37. The normalized spacial score (nSPS) is 12.6. The first kappa shape index (κ1) is 24.5. The highest BCUT2D eigenvalue weighted by molar-refractivity contribution is 5.78. The molecule has 0 saturated carbocycles. The summed E-state index contributed by atoms with van der Waals surface area (Å²) in [6, 6.07) is 14.8. The largest absolute Gasteiger partial charge is 0.504 e. The van der Waals surface area contributed by atoms with Gasteiger partial charge in [-0.2, -0.15) is 5.10 Å². The van der Waals surface area contributed by atoms with Gasteiger partial charge >= 0.3 is 0 Å². The Bertz CT molecular complexity index is 1390. The van der Waals surface area contributed by atoms with Gasteiger partial charge in [-0.1, -0.05) is 36.4 Å². The van der Waals surface area contributed by atoms with Gasteiger partial charge in [-0.3, -0.25) is 14.7 Å². The second-order valence-corrected chi connectivity index (χ2v) is 8.30. The number of carbonyl (C=O) groups excluding carboxylic acids is 1. The molecule has 4 aromatic rings. The van der Waals surface area contributed by atoms with Crippen LogP contribution in [-0.4, -0.2) is 38.4 Å². The Balaban J connectivity index is 1.67. The van der Waals surface area contributed by atoms with Crippen LogP contribution in [0.25, 0.3) is 0 Å². The third-order valence-corrected chi connectivity index (χ3v) is 5.77. The molecule has 0 fully saturated rings. The van der Waals surface area contributed by atoms with E-state index in [4.69, 9.17) is 9.15 Å². The van der Waals surface area contributed by atoms with Gasteiger partial charge in [0.25, 0.3) is 0 Å². The molecule has 0 aliphatic rings. The van der Waals surface area contributed by atoms with Gasteiger partial charge in [-0.05, 0) is 36.6 Å². The average molecular weight is 491 g/mol. The summed E-state index contributed by atoms with van der Waals surface area (Å²) in [5.74, 6) is -1.01. The zero-order valence-electron chi connectivity index (χ0n) is 19.8. The SMILES string of the molecule is COc1cc([C@H](CC(=O)N[C@@H](Cc2ccccc2)c2ncn[nH]2)c2oc(C)cc(=O)c2O)ccc1O. The first-order valence-corrected chi connectivity index (χ1v) is 11.2. The van der Waals surface area contributed by atoms with Gasteiger partial charge in [0.2, 0.25) is 17.1 Å². The van der Waals surface area contributed by atoms with Crippen LogP contribution in [-0.2, 0) is 11.2 Å². The zero-order valence-corrected chi connectivity index (χ0v) is 19.8. The van der Waals surface area contributed by atoms with E-state index in [1.165, 1.54) is 31.6 Å². The Morgan fingerprint density at radius 3 is 2.64 bits per heavy atom. The van der Waals surface area contributed by atoms with E-state index in [1.807, 2.05) is 30.3 Å². The topological polar surface area (TPSA) is 151 Å². The van der Waals surface area contributed by atoms with Crippen molar-refractivity contribution in [1.29, 1.82) is 0 Å². The molecule has 2 aromatic carbocycles. The molecule has 0 radical (unpaired) electrons. The van der Waals surface area contributed by atoms with Crippen molar-refractivity contribution >= 4 is 5.91 Å². The fourth-order valence-electron chi connectivity index (χ4n) is 4.02. The van der Waals surface area contributed by atoms with Crippen molar-refractivity contribution in [3.05, 3.63) is 99.6 Å². The predicted octanol–water partition coefficient (Wildman–Crippen LogP) is 3.11. The lowest BCUT2D eigenvalue weighted by Gasteiger charge is -2.21. The number of nitrogens with zero attached hydrogens (tertiary/aromatic N) is 2. The van der Waals surface area contributed by atoms with Crippen molar-refractivity contribution in [2.24, 2.45) is 0 Å². The number of nitrogens with one attached hydrogen (secondary N) is 2. The number of methoxy groups -OCH3 is 1. The lowest BCUT2D eigenvalue weighted by Crippen LogP contribution is -2.32. The van der Waals surface area contributed by atoms with Crippen LogP contribution < -0.4 is 15.5 Å². The molecule has 1 amide bonds. The number of hydrogen-bond acceptors (Lipinski definition) is 8. The number of phenols is 1. The fourth-order valence-corrected chi connectivity index (χ4v) is 4.02. The molecule has 36 heavy (non-hydrogen) atoms. The van der Waals surface area contributed by atoms with E-state index in [9.17, 15) is 19.8 Å². The van der Waals surface area contributed by atoms with Crippen LogP contribution in [0.2, 0.25) is 0 Å². The van der Waals surface area contributed by atoms with Crippen LogP contribution in [0.4, 0.5) is 0 Å². The first-order valence-electron chi connectivity index (χ1n) is 11.2. The number of aromatic amines is 1. The number of phenolic OH excluding ortho intramolecular Hbond substituents is 1. The first-order chi connectivity index (χ1) is 17.4. The number of aromatic nitrogens is 3. The van der Waals surface area contributed by atoms with Crippen LogP contribution in [0, 0.1) is 6.92 Å².